The minimum Gasteiger partial charge on any atom is -0.338 e. The summed E-state index contributed by atoms with van der Waals surface area (Å²) in [7, 11) is 0. The highest BCUT2D eigenvalue weighted by molar-refractivity contribution is 5.57. The molecule has 0 amide bonds. The Bertz CT molecular complexity index is 488. The SMILES string of the molecule is CC1CC(C)N(c2ccccc2)[C]N1c1ccccc1. The molecule has 1 fully saturated rings. The molecule has 102 valence electrons. The summed E-state index contributed by atoms with van der Waals surface area (Å²) in [5.41, 5.74) is 2.40. The largest absolute Gasteiger partial charge is 0.338 e. The summed E-state index contributed by atoms with van der Waals surface area (Å²) in [5.74, 6) is 0. The normalized spacial score (nSPS) is 22.9. The maximum atomic E-state index is 3.55. The molecule has 3 rings (SSSR count). The molecule has 1 heterocycles. The predicted molar refractivity (Wildman–Crippen MR) is 84.6 cm³/mol. The molecule has 20 heavy (non-hydrogen) atoms. The molecule has 0 N–H and O–H groups in total. The maximum absolute atomic E-state index is 3.55. The Kier molecular flexibility index (Phi) is 3.64. The van der Waals surface area contributed by atoms with Crippen LogP contribution in [0.2, 0.25) is 0 Å². The van der Waals surface area contributed by atoms with E-state index in [2.05, 4.69) is 91.0 Å². The van der Waals surface area contributed by atoms with Crippen molar-refractivity contribution in [2.75, 3.05) is 9.80 Å². The van der Waals surface area contributed by atoms with E-state index < -0.39 is 0 Å². The monoisotopic (exact) mass is 264 g/mol. The molecule has 1 saturated heterocycles. The third kappa shape index (κ3) is 2.51. The second-order valence-electron chi connectivity index (χ2n) is 5.44. The van der Waals surface area contributed by atoms with Gasteiger partial charge >= 0.3 is 0 Å². The van der Waals surface area contributed by atoms with Crippen molar-refractivity contribution in [3.05, 3.63) is 67.3 Å². The van der Waals surface area contributed by atoms with Gasteiger partial charge in [0, 0.05) is 23.5 Å². The van der Waals surface area contributed by atoms with Crippen molar-refractivity contribution in [1.82, 2.24) is 0 Å². The number of para-hydroxylation sites is 2. The molecule has 1 aliphatic rings. The number of anilines is 2. The molecule has 2 aromatic carbocycles. The molecule has 0 bridgehead atoms. The third-order valence-electron chi connectivity index (χ3n) is 3.85. The van der Waals surface area contributed by atoms with Gasteiger partial charge in [-0.1, -0.05) is 36.4 Å². The van der Waals surface area contributed by atoms with Gasteiger partial charge in [0.2, 0.25) is 6.67 Å². The molecule has 2 nitrogen and oxygen atoms in total. The summed E-state index contributed by atoms with van der Waals surface area (Å²) in [6.45, 7) is 8.08. The van der Waals surface area contributed by atoms with Crippen LogP contribution in [0.4, 0.5) is 11.4 Å². The number of rotatable bonds is 2. The number of nitrogens with zero attached hydrogens (tertiary/aromatic N) is 2. The maximum Gasteiger partial charge on any atom is 0.209 e. The first-order valence-corrected chi connectivity index (χ1v) is 7.20. The van der Waals surface area contributed by atoms with Crippen LogP contribution in [0.1, 0.15) is 20.3 Å². The van der Waals surface area contributed by atoms with Gasteiger partial charge in [0.25, 0.3) is 0 Å². The molecule has 2 unspecified atom stereocenters. The van der Waals surface area contributed by atoms with Crippen LogP contribution in [0.25, 0.3) is 0 Å². The molecule has 2 atom stereocenters. The predicted octanol–water partition coefficient (Wildman–Crippen LogP) is 4.18. The Hall–Kier alpha value is -1.96. The summed E-state index contributed by atoms with van der Waals surface area (Å²) in [6.07, 6.45) is 1.12. The zero-order chi connectivity index (χ0) is 13.9. The van der Waals surface area contributed by atoms with Crippen molar-refractivity contribution in [2.24, 2.45) is 0 Å². The molecule has 0 aromatic heterocycles. The fourth-order valence-corrected chi connectivity index (χ4v) is 2.82. The van der Waals surface area contributed by atoms with Crippen LogP contribution in [0.3, 0.4) is 0 Å². The molecule has 2 aromatic rings. The first kappa shape index (κ1) is 13.0. The van der Waals surface area contributed by atoms with Crippen molar-refractivity contribution >= 4 is 11.4 Å². The van der Waals surface area contributed by atoms with Gasteiger partial charge < -0.3 is 9.80 Å². The lowest BCUT2D eigenvalue weighted by Crippen LogP contribution is -2.50. The first-order chi connectivity index (χ1) is 9.75. The number of benzene rings is 2. The Morgan fingerprint density at radius 2 is 1.15 bits per heavy atom. The molecule has 0 aliphatic carbocycles. The Balaban J connectivity index is 1.87. The third-order valence-corrected chi connectivity index (χ3v) is 3.85. The van der Waals surface area contributed by atoms with Crippen LogP contribution >= 0.6 is 0 Å². The molecule has 1 aliphatic heterocycles. The Morgan fingerprint density at radius 3 is 1.55 bits per heavy atom. The van der Waals surface area contributed by atoms with Crippen molar-refractivity contribution in [3.63, 3.8) is 0 Å². The van der Waals surface area contributed by atoms with E-state index in [-0.39, 0.29) is 0 Å². The molecule has 2 heteroatoms. The van der Waals surface area contributed by atoms with Gasteiger partial charge in [-0.3, -0.25) is 0 Å². The topological polar surface area (TPSA) is 6.48 Å². The Labute approximate surface area is 121 Å². The number of hydrogen-bond acceptors (Lipinski definition) is 2. The van der Waals surface area contributed by atoms with E-state index in [1.165, 1.54) is 11.4 Å². The van der Waals surface area contributed by atoms with Crippen LogP contribution < -0.4 is 9.80 Å². The van der Waals surface area contributed by atoms with Gasteiger partial charge in [-0.2, -0.15) is 0 Å². The van der Waals surface area contributed by atoms with Crippen molar-refractivity contribution in [1.29, 1.82) is 0 Å². The minimum atomic E-state index is 0.465. The van der Waals surface area contributed by atoms with Gasteiger partial charge in [0.05, 0.1) is 0 Å². The van der Waals surface area contributed by atoms with E-state index in [9.17, 15) is 0 Å². The summed E-state index contributed by atoms with van der Waals surface area (Å²) < 4.78 is 0. The highest BCUT2D eigenvalue weighted by atomic mass is 15.4. The van der Waals surface area contributed by atoms with Crippen molar-refractivity contribution in [3.8, 4) is 0 Å². The van der Waals surface area contributed by atoms with Gasteiger partial charge in [-0.05, 0) is 44.5 Å². The molecule has 0 spiro atoms. The highest BCUT2D eigenvalue weighted by Crippen LogP contribution is 2.31. The average Bonchev–Trinajstić information content (AvgIpc) is 2.49. The molecular weight excluding hydrogens is 244 g/mol. The first-order valence-electron chi connectivity index (χ1n) is 7.20. The van der Waals surface area contributed by atoms with E-state index in [0.717, 1.165) is 6.42 Å². The van der Waals surface area contributed by atoms with E-state index >= 15 is 0 Å². The van der Waals surface area contributed by atoms with Crippen LogP contribution in [0, 0.1) is 6.67 Å². The lowest BCUT2D eigenvalue weighted by molar-refractivity contribution is 0.479. The van der Waals surface area contributed by atoms with Crippen LogP contribution in [-0.2, 0) is 0 Å². The van der Waals surface area contributed by atoms with Crippen LogP contribution in [-0.4, -0.2) is 12.1 Å². The Morgan fingerprint density at radius 1 is 0.750 bits per heavy atom. The molecule has 0 saturated carbocycles. The zero-order valence-electron chi connectivity index (χ0n) is 12.0. The van der Waals surface area contributed by atoms with Gasteiger partial charge in [-0.25, -0.2) is 0 Å². The average molecular weight is 264 g/mol. The lowest BCUT2D eigenvalue weighted by Gasteiger charge is -2.44. The fraction of sp³-hybridized carbons (Fsp3) is 0.278. The van der Waals surface area contributed by atoms with E-state index in [0.29, 0.717) is 12.1 Å². The smallest absolute Gasteiger partial charge is 0.209 e. The standard InChI is InChI=1S/C18H20N2/c1-15-13-16(2)20(18-11-7-4-8-12-18)14-19(15)17-9-5-3-6-10-17/h3-12,15-16H,13H2,1-2H3. The second-order valence-corrected chi connectivity index (χ2v) is 5.44. The zero-order valence-corrected chi connectivity index (χ0v) is 12.0. The fourth-order valence-electron chi connectivity index (χ4n) is 2.82. The van der Waals surface area contributed by atoms with Gasteiger partial charge in [-0.15, -0.1) is 0 Å². The van der Waals surface area contributed by atoms with Gasteiger partial charge in [0.15, 0.2) is 0 Å². The van der Waals surface area contributed by atoms with Crippen molar-refractivity contribution in [2.45, 2.75) is 32.4 Å². The summed E-state index contributed by atoms with van der Waals surface area (Å²) in [5, 5.41) is 0. The van der Waals surface area contributed by atoms with E-state index in [1.807, 2.05) is 0 Å². The number of hydrogen-bond donors (Lipinski definition) is 0. The van der Waals surface area contributed by atoms with E-state index in [1.54, 1.807) is 0 Å². The molecule has 2 radical (unpaired) electrons. The van der Waals surface area contributed by atoms with Crippen LogP contribution in [0.15, 0.2) is 60.7 Å². The van der Waals surface area contributed by atoms with Gasteiger partial charge in [0.1, 0.15) is 0 Å². The lowest BCUT2D eigenvalue weighted by atomic mass is 10.0. The van der Waals surface area contributed by atoms with Crippen molar-refractivity contribution < 1.29 is 0 Å². The minimum absolute atomic E-state index is 0.465. The molecular formula is C18H20N2. The summed E-state index contributed by atoms with van der Waals surface area (Å²) >= 11 is 0. The quantitative estimate of drug-likeness (QED) is 0.803. The van der Waals surface area contributed by atoms with Crippen LogP contribution in [0.5, 0.6) is 0 Å². The highest BCUT2D eigenvalue weighted by Gasteiger charge is 2.30. The second kappa shape index (κ2) is 5.58. The summed E-state index contributed by atoms with van der Waals surface area (Å²) in [6, 6.07) is 21.9. The van der Waals surface area contributed by atoms with E-state index in [4.69, 9.17) is 0 Å². The summed E-state index contributed by atoms with van der Waals surface area (Å²) in [4.78, 5) is 4.49.